The van der Waals surface area contributed by atoms with Gasteiger partial charge in [0.05, 0.1) is 6.42 Å². The number of carbonyl (C=O) groups excluding carboxylic acids is 2. The van der Waals surface area contributed by atoms with Crippen molar-refractivity contribution in [2.24, 2.45) is 0 Å². The molecule has 0 aromatic heterocycles. The van der Waals surface area contributed by atoms with Crippen molar-refractivity contribution in [1.82, 2.24) is 9.80 Å². The van der Waals surface area contributed by atoms with Crippen LogP contribution in [0.3, 0.4) is 0 Å². The molecule has 0 unspecified atom stereocenters. The molecule has 28 heavy (non-hydrogen) atoms. The second-order valence-electron chi connectivity index (χ2n) is 6.27. The first kappa shape index (κ1) is 20.2. The molecule has 2 aromatic rings. The maximum absolute atomic E-state index is 12.7. The van der Waals surface area contributed by atoms with Crippen LogP contribution in [0.5, 0.6) is 0 Å². The van der Waals surface area contributed by atoms with Crippen LogP contribution >= 0.6 is 23.4 Å². The third-order valence-corrected chi connectivity index (χ3v) is 5.82. The quantitative estimate of drug-likeness (QED) is 0.684. The maximum Gasteiger partial charge on any atom is 0.327 e. The minimum Gasteiger partial charge on any atom is -0.481 e. The average molecular weight is 419 g/mol. The van der Waals surface area contributed by atoms with E-state index in [1.165, 1.54) is 16.7 Å². The summed E-state index contributed by atoms with van der Waals surface area (Å²) in [5, 5.41) is 9.82. The molecule has 0 bridgehead atoms. The highest BCUT2D eigenvalue weighted by atomic mass is 35.5. The molecular formula is C20H19ClN2O4S. The van der Waals surface area contributed by atoms with Gasteiger partial charge in [-0.1, -0.05) is 41.6 Å². The Morgan fingerprint density at radius 1 is 1.14 bits per heavy atom. The van der Waals surface area contributed by atoms with Crippen LogP contribution in [0, 0.1) is 0 Å². The molecule has 0 saturated carbocycles. The lowest BCUT2D eigenvalue weighted by molar-refractivity contribution is -0.141. The van der Waals surface area contributed by atoms with Crippen LogP contribution < -0.4 is 0 Å². The van der Waals surface area contributed by atoms with Gasteiger partial charge in [-0.05, 0) is 42.8 Å². The van der Waals surface area contributed by atoms with Gasteiger partial charge >= 0.3 is 12.0 Å². The second-order valence-corrected chi connectivity index (χ2v) is 7.82. The maximum atomic E-state index is 12.7. The third kappa shape index (κ3) is 4.31. The Morgan fingerprint density at radius 2 is 1.82 bits per heavy atom. The zero-order chi connectivity index (χ0) is 20.3. The van der Waals surface area contributed by atoms with E-state index >= 15 is 0 Å². The van der Waals surface area contributed by atoms with Gasteiger partial charge in [0, 0.05) is 27.9 Å². The van der Waals surface area contributed by atoms with Crippen molar-refractivity contribution in [2.75, 3.05) is 6.54 Å². The molecule has 1 saturated heterocycles. The molecule has 3 rings (SSSR count). The summed E-state index contributed by atoms with van der Waals surface area (Å²) >= 11 is 7.45. The molecule has 1 atom stereocenters. The van der Waals surface area contributed by atoms with Gasteiger partial charge in [0.25, 0.3) is 5.91 Å². The number of halogens is 1. The van der Waals surface area contributed by atoms with Crippen molar-refractivity contribution < 1.29 is 19.5 Å². The SMILES string of the molecule is CCN1C(=O)[C@H](CC(=O)O)N(Cc2ccccc2Sc2ccc(Cl)cc2)C1=O. The number of carbonyl (C=O) groups is 3. The molecule has 0 spiro atoms. The zero-order valence-corrected chi connectivity index (χ0v) is 16.7. The number of carboxylic acids is 1. The first-order valence-corrected chi connectivity index (χ1v) is 9.95. The normalized spacial score (nSPS) is 16.7. The molecule has 1 fully saturated rings. The summed E-state index contributed by atoms with van der Waals surface area (Å²) in [6.45, 7) is 2.07. The standard InChI is InChI=1S/C20H19ClN2O4S/c1-2-22-19(26)16(11-18(24)25)23(20(22)27)12-13-5-3-4-6-17(13)28-15-9-7-14(21)8-10-15/h3-10,16H,2,11-12H2,1H3,(H,24,25)/t16-/m0/s1. The lowest BCUT2D eigenvalue weighted by Gasteiger charge is -2.22. The van der Waals surface area contributed by atoms with E-state index in [9.17, 15) is 14.4 Å². The predicted molar refractivity (Wildman–Crippen MR) is 106 cm³/mol. The zero-order valence-electron chi connectivity index (χ0n) is 15.2. The van der Waals surface area contributed by atoms with Crippen LogP contribution in [0.1, 0.15) is 18.9 Å². The number of likely N-dealkylation sites (N-methyl/N-ethyl adjacent to an activating group) is 1. The molecule has 0 aliphatic carbocycles. The first-order valence-electron chi connectivity index (χ1n) is 8.75. The molecule has 146 valence electrons. The molecule has 8 heteroatoms. The van der Waals surface area contributed by atoms with Gasteiger partial charge < -0.3 is 10.0 Å². The number of nitrogens with zero attached hydrogens (tertiary/aromatic N) is 2. The minimum absolute atomic E-state index is 0.162. The highest BCUT2D eigenvalue weighted by Gasteiger charge is 2.45. The Balaban J connectivity index is 1.87. The van der Waals surface area contributed by atoms with Crippen molar-refractivity contribution in [1.29, 1.82) is 0 Å². The number of amides is 3. The van der Waals surface area contributed by atoms with E-state index in [-0.39, 0.29) is 13.1 Å². The van der Waals surface area contributed by atoms with Crippen molar-refractivity contribution >= 4 is 41.3 Å². The smallest absolute Gasteiger partial charge is 0.327 e. The monoisotopic (exact) mass is 418 g/mol. The van der Waals surface area contributed by atoms with Crippen LogP contribution in [-0.2, 0) is 16.1 Å². The first-order chi connectivity index (χ1) is 13.4. The van der Waals surface area contributed by atoms with E-state index < -0.39 is 30.4 Å². The van der Waals surface area contributed by atoms with E-state index in [1.54, 1.807) is 19.1 Å². The van der Waals surface area contributed by atoms with Gasteiger partial charge in [-0.15, -0.1) is 0 Å². The van der Waals surface area contributed by atoms with Gasteiger partial charge in [0.2, 0.25) is 0 Å². The van der Waals surface area contributed by atoms with Gasteiger partial charge in [0.1, 0.15) is 6.04 Å². The van der Waals surface area contributed by atoms with Crippen molar-refractivity contribution in [3.05, 3.63) is 59.1 Å². The number of imide groups is 1. The summed E-state index contributed by atoms with van der Waals surface area (Å²) in [4.78, 5) is 40.7. The summed E-state index contributed by atoms with van der Waals surface area (Å²) in [6.07, 6.45) is -0.409. The molecule has 2 aromatic carbocycles. The van der Waals surface area contributed by atoms with Crippen LogP contribution in [0.25, 0.3) is 0 Å². The Labute approximate surface area is 172 Å². The van der Waals surface area contributed by atoms with E-state index in [4.69, 9.17) is 16.7 Å². The van der Waals surface area contributed by atoms with Gasteiger partial charge in [-0.3, -0.25) is 14.5 Å². The van der Waals surface area contributed by atoms with Gasteiger partial charge in [-0.25, -0.2) is 4.79 Å². The number of hydrogen-bond donors (Lipinski definition) is 1. The third-order valence-electron chi connectivity index (χ3n) is 4.44. The van der Waals surface area contributed by atoms with Crippen LogP contribution in [0.4, 0.5) is 4.79 Å². The number of hydrogen-bond acceptors (Lipinski definition) is 4. The minimum atomic E-state index is -1.11. The summed E-state index contributed by atoms with van der Waals surface area (Å²) in [6, 6.07) is 13.5. The fourth-order valence-electron chi connectivity index (χ4n) is 3.07. The number of benzene rings is 2. The fraction of sp³-hybridized carbons (Fsp3) is 0.250. The number of carboxylic acid groups (broad SMARTS) is 1. The highest BCUT2D eigenvalue weighted by Crippen LogP contribution is 2.33. The number of urea groups is 1. The topological polar surface area (TPSA) is 77.9 Å². The second kappa shape index (κ2) is 8.67. The lowest BCUT2D eigenvalue weighted by atomic mass is 10.1. The molecular weight excluding hydrogens is 400 g/mol. The van der Waals surface area contributed by atoms with Crippen LogP contribution in [0.2, 0.25) is 5.02 Å². The van der Waals surface area contributed by atoms with Gasteiger partial charge in [-0.2, -0.15) is 0 Å². The Morgan fingerprint density at radius 3 is 2.46 bits per heavy atom. The molecule has 3 amide bonds. The molecule has 6 nitrogen and oxygen atoms in total. The molecule has 1 heterocycles. The van der Waals surface area contributed by atoms with Crippen LogP contribution in [0.15, 0.2) is 58.3 Å². The Bertz CT molecular complexity index is 903. The molecule has 1 N–H and O–H groups in total. The summed E-state index contributed by atoms with van der Waals surface area (Å²) in [5.41, 5.74) is 0.844. The number of aliphatic carboxylic acids is 1. The number of rotatable bonds is 7. The van der Waals surface area contributed by atoms with Crippen molar-refractivity contribution in [3.8, 4) is 0 Å². The van der Waals surface area contributed by atoms with Gasteiger partial charge in [0.15, 0.2) is 0 Å². The fourth-order valence-corrected chi connectivity index (χ4v) is 4.14. The summed E-state index contributed by atoms with van der Waals surface area (Å²) < 4.78 is 0. The summed E-state index contributed by atoms with van der Waals surface area (Å²) in [5.74, 6) is -1.57. The predicted octanol–water partition coefficient (Wildman–Crippen LogP) is 4.12. The lowest BCUT2D eigenvalue weighted by Crippen LogP contribution is -2.36. The molecule has 1 aliphatic heterocycles. The molecule has 0 radical (unpaired) electrons. The van der Waals surface area contributed by atoms with Crippen molar-refractivity contribution in [2.45, 2.75) is 35.7 Å². The van der Waals surface area contributed by atoms with Crippen molar-refractivity contribution in [3.63, 3.8) is 0 Å². The Kier molecular flexibility index (Phi) is 6.26. The Hall–Kier alpha value is -2.51. The van der Waals surface area contributed by atoms with Crippen LogP contribution in [-0.4, -0.2) is 45.4 Å². The van der Waals surface area contributed by atoms with E-state index in [2.05, 4.69) is 0 Å². The summed E-state index contributed by atoms with van der Waals surface area (Å²) in [7, 11) is 0. The largest absolute Gasteiger partial charge is 0.481 e. The highest BCUT2D eigenvalue weighted by molar-refractivity contribution is 7.99. The van der Waals surface area contributed by atoms with E-state index in [0.717, 1.165) is 20.3 Å². The average Bonchev–Trinajstić information content (AvgIpc) is 2.88. The molecule has 1 aliphatic rings. The van der Waals surface area contributed by atoms with E-state index in [1.807, 2.05) is 36.4 Å². The van der Waals surface area contributed by atoms with E-state index in [0.29, 0.717) is 5.02 Å².